The summed E-state index contributed by atoms with van der Waals surface area (Å²) in [5.41, 5.74) is 2.15. The van der Waals surface area contributed by atoms with Gasteiger partial charge in [-0.05, 0) is 49.7 Å². The van der Waals surface area contributed by atoms with E-state index >= 15 is 0 Å². The van der Waals surface area contributed by atoms with Gasteiger partial charge in [0.1, 0.15) is 12.5 Å². The third kappa shape index (κ3) is 4.95. The van der Waals surface area contributed by atoms with Crippen LogP contribution in [0.2, 0.25) is 0 Å². The van der Waals surface area contributed by atoms with Crippen LogP contribution >= 0.6 is 0 Å². The Bertz CT molecular complexity index is 1620. The van der Waals surface area contributed by atoms with Crippen LogP contribution in [0.1, 0.15) is 11.1 Å². The van der Waals surface area contributed by atoms with Crippen LogP contribution in [-0.4, -0.2) is 35.6 Å². The van der Waals surface area contributed by atoms with Crippen molar-refractivity contribution in [2.24, 2.45) is 0 Å². The van der Waals surface area contributed by atoms with Gasteiger partial charge in [0.05, 0.1) is 27.3 Å². The molecule has 0 fully saturated rings. The van der Waals surface area contributed by atoms with Crippen LogP contribution in [0.25, 0.3) is 10.9 Å². The number of allylic oxidation sites excluding steroid dienone is 1. The number of fused-ring (bicyclic) bond motifs is 1. The molecular formula is C27H27NO6S2. The molecule has 3 aromatic carbocycles. The fourth-order valence-electron chi connectivity index (χ4n) is 4.08. The Kier molecular flexibility index (Phi) is 7.35. The smallest absolute Gasteiger partial charge is 0.208 e. The van der Waals surface area contributed by atoms with Gasteiger partial charge in [-0.25, -0.2) is 16.8 Å². The van der Waals surface area contributed by atoms with Crippen LogP contribution in [0.3, 0.4) is 0 Å². The molecule has 1 heterocycles. The summed E-state index contributed by atoms with van der Waals surface area (Å²) < 4.78 is 65.5. The normalized spacial score (nSPS) is 12.4. The molecule has 0 spiro atoms. The predicted molar refractivity (Wildman–Crippen MR) is 139 cm³/mol. The first-order valence-electron chi connectivity index (χ1n) is 11.1. The van der Waals surface area contributed by atoms with Crippen molar-refractivity contribution >= 4 is 30.6 Å². The summed E-state index contributed by atoms with van der Waals surface area (Å²) >= 11 is 0. The van der Waals surface area contributed by atoms with Crippen LogP contribution in [0.5, 0.6) is 5.75 Å². The van der Waals surface area contributed by atoms with Gasteiger partial charge in [0.2, 0.25) is 9.84 Å². The number of aryl methyl sites for hydroxylation is 1. The molecule has 0 N–H and O–H groups in total. The molecule has 0 bridgehead atoms. The molecule has 0 aliphatic rings. The summed E-state index contributed by atoms with van der Waals surface area (Å²) in [5.74, 6) is 0.458. The van der Waals surface area contributed by atoms with E-state index in [9.17, 15) is 16.8 Å². The van der Waals surface area contributed by atoms with E-state index in [-0.39, 0.29) is 27.8 Å². The Morgan fingerprint density at radius 3 is 2.19 bits per heavy atom. The molecular weight excluding hydrogens is 498 g/mol. The minimum Gasteiger partial charge on any atom is -0.496 e. The highest BCUT2D eigenvalue weighted by Crippen LogP contribution is 2.37. The lowest BCUT2D eigenvalue weighted by Crippen LogP contribution is -2.03. The number of benzene rings is 3. The summed E-state index contributed by atoms with van der Waals surface area (Å²) in [7, 11) is -4.53. The molecule has 0 unspecified atom stereocenters. The first kappa shape index (κ1) is 25.7. The first-order valence-corrected chi connectivity index (χ1v) is 14.2. The average Bonchev–Trinajstić information content (AvgIpc) is 3.24. The molecule has 36 heavy (non-hydrogen) atoms. The van der Waals surface area contributed by atoms with E-state index in [0.717, 1.165) is 11.0 Å². The third-order valence-electron chi connectivity index (χ3n) is 5.85. The Morgan fingerprint density at radius 1 is 0.861 bits per heavy atom. The highest BCUT2D eigenvalue weighted by molar-refractivity contribution is 7.94. The maximum atomic E-state index is 13.7. The van der Waals surface area contributed by atoms with E-state index in [4.69, 9.17) is 9.47 Å². The monoisotopic (exact) mass is 525 g/mol. The van der Waals surface area contributed by atoms with Crippen LogP contribution < -0.4 is 4.74 Å². The van der Waals surface area contributed by atoms with Gasteiger partial charge in [-0.1, -0.05) is 42.0 Å². The van der Waals surface area contributed by atoms with Gasteiger partial charge in [0.25, 0.3) is 0 Å². The highest BCUT2D eigenvalue weighted by atomic mass is 32.2. The molecule has 7 nitrogen and oxygen atoms in total. The second-order valence-electron chi connectivity index (χ2n) is 8.27. The number of aromatic nitrogens is 1. The number of hydrogen-bond donors (Lipinski definition) is 0. The van der Waals surface area contributed by atoms with E-state index in [1.165, 1.54) is 32.4 Å². The molecule has 0 amide bonds. The summed E-state index contributed by atoms with van der Waals surface area (Å²) in [6.07, 6.45) is 3.20. The van der Waals surface area contributed by atoms with Crippen molar-refractivity contribution < 1.29 is 26.3 Å². The molecule has 1 aromatic heterocycles. The quantitative estimate of drug-likeness (QED) is 0.308. The standard InChI is InChI=1S/C27H27NO6S2/c1-20-11-13-22(14-12-20)36(31,32)26-18-28(19-33-2)24-15-16-25(34-3)23(27(24)26)10-7-17-35(29,30)21-8-5-4-6-9-21/h4-9,11-18H,10,19H2,1-3H3/b17-7-. The van der Waals surface area contributed by atoms with Gasteiger partial charge >= 0.3 is 0 Å². The van der Waals surface area contributed by atoms with E-state index in [1.54, 1.807) is 65.4 Å². The minimum atomic E-state index is -3.90. The molecule has 0 saturated carbocycles. The number of hydrogen-bond acceptors (Lipinski definition) is 6. The van der Waals surface area contributed by atoms with Crippen molar-refractivity contribution in [2.75, 3.05) is 14.2 Å². The van der Waals surface area contributed by atoms with Crippen molar-refractivity contribution in [1.82, 2.24) is 4.57 Å². The van der Waals surface area contributed by atoms with Crippen molar-refractivity contribution in [3.8, 4) is 5.75 Å². The summed E-state index contributed by atoms with van der Waals surface area (Å²) in [4.78, 5) is 0.451. The maximum Gasteiger partial charge on any atom is 0.208 e. The van der Waals surface area contributed by atoms with Gasteiger partial charge in [-0.2, -0.15) is 0 Å². The van der Waals surface area contributed by atoms with Crippen LogP contribution in [0.15, 0.2) is 99.1 Å². The lowest BCUT2D eigenvalue weighted by Gasteiger charge is -2.11. The van der Waals surface area contributed by atoms with Crippen LogP contribution in [-0.2, 0) is 37.6 Å². The Morgan fingerprint density at radius 2 is 1.56 bits per heavy atom. The molecule has 0 radical (unpaired) electrons. The largest absolute Gasteiger partial charge is 0.496 e. The molecule has 9 heteroatoms. The molecule has 0 aliphatic heterocycles. The molecule has 4 rings (SSSR count). The van der Waals surface area contributed by atoms with E-state index in [0.29, 0.717) is 22.2 Å². The van der Waals surface area contributed by atoms with Crippen molar-refractivity contribution in [3.05, 3.63) is 95.5 Å². The first-order chi connectivity index (χ1) is 17.2. The predicted octanol–water partition coefficient (Wildman–Crippen LogP) is 4.93. The fraction of sp³-hybridized carbons (Fsp3) is 0.185. The molecule has 0 aliphatic carbocycles. The van der Waals surface area contributed by atoms with Crippen molar-refractivity contribution in [3.63, 3.8) is 0 Å². The van der Waals surface area contributed by atoms with Gasteiger partial charge in [-0.3, -0.25) is 0 Å². The molecule has 0 atom stereocenters. The lowest BCUT2D eigenvalue weighted by atomic mass is 10.1. The van der Waals surface area contributed by atoms with Gasteiger partial charge < -0.3 is 14.0 Å². The van der Waals surface area contributed by atoms with Gasteiger partial charge in [0.15, 0.2) is 9.84 Å². The average molecular weight is 526 g/mol. The summed E-state index contributed by atoms with van der Waals surface area (Å²) in [6, 6.07) is 18.3. The Hall–Kier alpha value is -3.40. The SMILES string of the molecule is COCn1cc(S(=O)(=O)c2ccc(C)cc2)c2c(C/C=C\S(=O)(=O)c3ccccc3)c(OC)ccc21. The summed E-state index contributed by atoms with van der Waals surface area (Å²) in [6.45, 7) is 2.03. The minimum absolute atomic E-state index is 0.103. The van der Waals surface area contributed by atoms with Crippen LogP contribution in [0, 0.1) is 6.92 Å². The second-order valence-corrected chi connectivity index (χ2v) is 12.0. The van der Waals surface area contributed by atoms with Crippen molar-refractivity contribution in [1.29, 1.82) is 0 Å². The number of nitrogens with zero attached hydrogens (tertiary/aromatic N) is 1. The third-order valence-corrected chi connectivity index (χ3v) is 9.12. The molecule has 4 aromatic rings. The fourth-order valence-corrected chi connectivity index (χ4v) is 6.63. The molecule has 188 valence electrons. The Balaban J connectivity index is 1.88. The summed E-state index contributed by atoms with van der Waals surface area (Å²) in [5, 5.41) is 1.61. The number of rotatable bonds is 9. The Labute approximate surface area is 211 Å². The van der Waals surface area contributed by atoms with Crippen LogP contribution in [0.4, 0.5) is 0 Å². The highest BCUT2D eigenvalue weighted by Gasteiger charge is 2.26. The van der Waals surface area contributed by atoms with Crippen molar-refractivity contribution in [2.45, 2.75) is 34.8 Å². The number of sulfone groups is 2. The topological polar surface area (TPSA) is 91.7 Å². The zero-order valence-corrected chi connectivity index (χ0v) is 21.8. The number of ether oxygens (including phenoxy) is 2. The van der Waals surface area contributed by atoms with E-state index in [2.05, 4.69) is 0 Å². The maximum absolute atomic E-state index is 13.7. The van der Waals surface area contributed by atoms with E-state index < -0.39 is 19.7 Å². The second kappa shape index (κ2) is 10.3. The molecule has 0 saturated heterocycles. The van der Waals surface area contributed by atoms with E-state index in [1.807, 2.05) is 6.92 Å². The van der Waals surface area contributed by atoms with Gasteiger partial charge in [0, 0.05) is 29.7 Å². The lowest BCUT2D eigenvalue weighted by molar-refractivity contribution is 0.134. The van der Waals surface area contributed by atoms with Gasteiger partial charge in [-0.15, -0.1) is 0 Å². The number of methoxy groups -OCH3 is 2. The zero-order chi connectivity index (χ0) is 25.9. The zero-order valence-electron chi connectivity index (χ0n) is 20.2.